The number of carbonyl (C=O) groups is 1. The molecule has 1 heterocycles. The molecule has 1 amide bonds. The molecule has 4 nitrogen and oxygen atoms in total. The van der Waals surface area contributed by atoms with Crippen LogP contribution in [0.4, 0.5) is 17.1 Å². The largest absolute Gasteiger partial charge is 0.369 e. The molecule has 3 rings (SSSR count). The third-order valence-corrected chi connectivity index (χ3v) is 3.75. The maximum absolute atomic E-state index is 11.4. The van der Waals surface area contributed by atoms with Crippen molar-refractivity contribution >= 4 is 23.5 Å². The van der Waals surface area contributed by atoms with Crippen LogP contribution in [0.15, 0.2) is 54.6 Å². The second-order valence-electron chi connectivity index (χ2n) is 5.06. The average Bonchev–Trinajstić information content (AvgIpc) is 2.58. The fourth-order valence-electron chi connectivity index (χ4n) is 2.61. The van der Waals surface area contributed by atoms with Gasteiger partial charge in [-0.25, -0.2) is 0 Å². The van der Waals surface area contributed by atoms with E-state index in [1.165, 1.54) is 5.69 Å². The zero-order chi connectivity index (χ0) is 14.5. The molecule has 21 heavy (non-hydrogen) atoms. The lowest BCUT2D eigenvalue weighted by Gasteiger charge is -2.29. The molecule has 0 spiro atoms. The zero-order valence-electron chi connectivity index (χ0n) is 11.9. The number of nitrogens with one attached hydrogen (secondary N) is 1. The normalized spacial score (nSPS) is 14.8. The third-order valence-electron chi connectivity index (χ3n) is 3.75. The third kappa shape index (κ3) is 3.06. The van der Waals surface area contributed by atoms with Gasteiger partial charge in [0.25, 0.3) is 0 Å². The van der Waals surface area contributed by atoms with Gasteiger partial charge in [-0.15, -0.1) is 0 Å². The number of rotatable bonds is 4. The first-order chi connectivity index (χ1) is 10.4. The summed E-state index contributed by atoms with van der Waals surface area (Å²) in [6.07, 6.45) is 0.856. The number of hydrogen-bond donors (Lipinski definition) is 1. The molecule has 1 fully saturated rings. The topological polar surface area (TPSA) is 35.6 Å². The molecule has 1 aliphatic heterocycles. The van der Waals surface area contributed by atoms with E-state index in [0.29, 0.717) is 0 Å². The summed E-state index contributed by atoms with van der Waals surface area (Å²) >= 11 is 0. The van der Waals surface area contributed by atoms with Gasteiger partial charge >= 0.3 is 0 Å². The van der Waals surface area contributed by atoms with Crippen molar-refractivity contribution in [3.8, 4) is 0 Å². The summed E-state index contributed by atoms with van der Waals surface area (Å²) < 4.78 is 0. The molecule has 2 aromatic carbocycles. The van der Waals surface area contributed by atoms with Crippen LogP contribution in [-0.4, -0.2) is 32.6 Å². The second-order valence-corrected chi connectivity index (χ2v) is 5.06. The Kier molecular flexibility index (Phi) is 4.17. The first kappa shape index (κ1) is 13.6. The average molecular weight is 281 g/mol. The second kappa shape index (κ2) is 6.41. The Hall–Kier alpha value is -2.33. The van der Waals surface area contributed by atoms with Crippen LogP contribution in [0.5, 0.6) is 0 Å². The van der Waals surface area contributed by atoms with E-state index >= 15 is 0 Å². The highest BCUT2D eigenvalue weighted by Crippen LogP contribution is 2.26. The van der Waals surface area contributed by atoms with Crippen LogP contribution >= 0.6 is 0 Å². The van der Waals surface area contributed by atoms with E-state index in [2.05, 4.69) is 22.3 Å². The van der Waals surface area contributed by atoms with E-state index in [0.717, 1.165) is 44.0 Å². The first-order valence-electron chi connectivity index (χ1n) is 7.24. The monoisotopic (exact) mass is 281 g/mol. The number of carbonyl (C=O) groups excluding carboxylic acids is 1. The molecular weight excluding hydrogens is 262 g/mol. The predicted molar refractivity (Wildman–Crippen MR) is 86.2 cm³/mol. The van der Waals surface area contributed by atoms with Crippen molar-refractivity contribution < 1.29 is 4.79 Å². The maximum atomic E-state index is 11.4. The Labute approximate surface area is 125 Å². The van der Waals surface area contributed by atoms with E-state index < -0.39 is 0 Å². The van der Waals surface area contributed by atoms with Gasteiger partial charge in [-0.2, -0.15) is 0 Å². The molecule has 1 N–H and O–H groups in total. The Morgan fingerprint density at radius 3 is 2.14 bits per heavy atom. The molecular formula is C17H19N3O. The summed E-state index contributed by atoms with van der Waals surface area (Å²) in [7, 11) is 0. The van der Waals surface area contributed by atoms with Gasteiger partial charge in [0.05, 0.1) is 0 Å². The summed E-state index contributed by atoms with van der Waals surface area (Å²) in [6, 6.07) is 17.8. The molecule has 0 aliphatic carbocycles. The lowest BCUT2D eigenvalue weighted by atomic mass is 10.2. The minimum Gasteiger partial charge on any atom is -0.369 e. The van der Waals surface area contributed by atoms with Gasteiger partial charge in [0, 0.05) is 43.2 Å². The molecule has 0 radical (unpaired) electrons. The smallest absolute Gasteiger partial charge is 0.218 e. The van der Waals surface area contributed by atoms with Crippen molar-refractivity contribution in [2.75, 3.05) is 36.0 Å². The number of hydrogen-bond acceptors (Lipinski definition) is 3. The van der Waals surface area contributed by atoms with Crippen LogP contribution in [0.1, 0.15) is 0 Å². The van der Waals surface area contributed by atoms with Crippen LogP contribution in [0.2, 0.25) is 0 Å². The number of amides is 1. The summed E-state index contributed by atoms with van der Waals surface area (Å²) in [6.45, 7) is 4.09. The highest BCUT2D eigenvalue weighted by molar-refractivity contribution is 5.86. The van der Waals surface area contributed by atoms with Crippen molar-refractivity contribution in [2.24, 2.45) is 0 Å². The summed E-state index contributed by atoms with van der Waals surface area (Å²) in [4.78, 5) is 15.4. The summed E-state index contributed by atoms with van der Waals surface area (Å²) in [5.41, 5.74) is 2.97. The first-order valence-corrected chi connectivity index (χ1v) is 7.24. The quantitative estimate of drug-likeness (QED) is 0.874. The fraction of sp³-hybridized carbons (Fsp3) is 0.235. The lowest BCUT2D eigenvalue weighted by Crippen LogP contribution is -2.43. The summed E-state index contributed by atoms with van der Waals surface area (Å²) in [5, 5.41) is 3.35. The molecule has 2 aromatic rings. The van der Waals surface area contributed by atoms with Crippen molar-refractivity contribution in [3.05, 3.63) is 54.6 Å². The van der Waals surface area contributed by atoms with Gasteiger partial charge in [0.1, 0.15) is 0 Å². The van der Waals surface area contributed by atoms with E-state index in [9.17, 15) is 4.79 Å². The number of nitrogens with zero attached hydrogens (tertiary/aromatic N) is 2. The highest BCUT2D eigenvalue weighted by Gasteiger charge is 2.12. The van der Waals surface area contributed by atoms with Gasteiger partial charge in [-0.3, -0.25) is 9.69 Å². The molecule has 0 aromatic heterocycles. The van der Waals surface area contributed by atoms with E-state index in [1.807, 2.05) is 42.5 Å². The number of benzene rings is 2. The van der Waals surface area contributed by atoms with Crippen molar-refractivity contribution in [1.82, 2.24) is 5.32 Å². The van der Waals surface area contributed by atoms with Crippen LogP contribution in [0.25, 0.3) is 0 Å². The van der Waals surface area contributed by atoms with Gasteiger partial charge in [-0.1, -0.05) is 18.2 Å². The van der Waals surface area contributed by atoms with Crippen molar-refractivity contribution in [3.63, 3.8) is 0 Å². The number of piperazine rings is 1. The van der Waals surface area contributed by atoms with Crippen molar-refractivity contribution in [1.29, 1.82) is 0 Å². The van der Waals surface area contributed by atoms with Gasteiger partial charge in [0.15, 0.2) is 0 Å². The zero-order valence-corrected chi connectivity index (χ0v) is 11.9. The van der Waals surface area contributed by atoms with Gasteiger partial charge in [-0.05, 0) is 36.4 Å². The van der Waals surface area contributed by atoms with Gasteiger partial charge < -0.3 is 10.2 Å². The Morgan fingerprint density at radius 1 is 0.905 bits per heavy atom. The van der Waals surface area contributed by atoms with Gasteiger partial charge in [0.2, 0.25) is 6.41 Å². The predicted octanol–water partition coefficient (Wildman–Crippen LogP) is 2.39. The van der Waals surface area contributed by atoms with Crippen LogP contribution in [0.3, 0.4) is 0 Å². The molecule has 4 heteroatoms. The Balaban J connectivity index is 1.80. The molecule has 0 bridgehead atoms. The standard InChI is InChI=1S/C17H19N3O/c21-14-20(16-4-2-1-3-5-16)17-8-6-15(7-9-17)19-12-10-18-11-13-19/h1-9,14,18H,10-13H2. The maximum Gasteiger partial charge on any atom is 0.218 e. The van der Waals surface area contributed by atoms with Crippen LogP contribution in [-0.2, 0) is 4.79 Å². The molecule has 0 unspecified atom stereocenters. The molecule has 0 atom stereocenters. The molecule has 1 saturated heterocycles. The lowest BCUT2D eigenvalue weighted by molar-refractivity contribution is -0.106. The fourth-order valence-corrected chi connectivity index (χ4v) is 2.61. The minimum atomic E-state index is 0.856. The Morgan fingerprint density at radius 2 is 1.52 bits per heavy atom. The highest BCUT2D eigenvalue weighted by atomic mass is 16.1. The SMILES string of the molecule is O=CN(c1ccccc1)c1ccc(N2CCNCC2)cc1. The summed E-state index contributed by atoms with van der Waals surface area (Å²) in [5.74, 6) is 0. The van der Waals surface area contributed by atoms with Crippen LogP contribution < -0.4 is 15.1 Å². The van der Waals surface area contributed by atoms with E-state index in [1.54, 1.807) is 4.90 Å². The number of para-hydroxylation sites is 1. The van der Waals surface area contributed by atoms with Crippen molar-refractivity contribution in [2.45, 2.75) is 0 Å². The van der Waals surface area contributed by atoms with E-state index in [4.69, 9.17) is 0 Å². The molecule has 108 valence electrons. The molecule has 1 aliphatic rings. The molecule has 0 saturated carbocycles. The van der Waals surface area contributed by atoms with Crippen LogP contribution in [0, 0.1) is 0 Å². The van der Waals surface area contributed by atoms with E-state index in [-0.39, 0.29) is 0 Å². The number of anilines is 3. The minimum absolute atomic E-state index is 0.856. The Bertz CT molecular complexity index is 577.